The third-order valence-corrected chi connectivity index (χ3v) is 5.59. The number of aromatic nitrogens is 4. The number of anilines is 1. The molecule has 3 aromatic rings. The predicted octanol–water partition coefficient (Wildman–Crippen LogP) is 1.89. The molecule has 10 nitrogen and oxygen atoms in total. The number of benzene rings is 2. The Hall–Kier alpha value is -4.26. The third-order valence-electron chi connectivity index (χ3n) is 5.59. The van der Waals surface area contributed by atoms with E-state index >= 15 is 0 Å². The van der Waals surface area contributed by atoms with Crippen LogP contribution in [0.2, 0.25) is 0 Å². The van der Waals surface area contributed by atoms with E-state index in [1.807, 2.05) is 30.3 Å². The van der Waals surface area contributed by atoms with E-state index in [4.69, 9.17) is 5.26 Å². The second-order valence-corrected chi connectivity index (χ2v) is 7.80. The molecule has 2 heterocycles. The first-order valence-electron chi connectivity index (χ1n) is 10.6. The van der Waals surface area contributed by atoms with E-state index in [0.29, 0.717) is 37.6 Å². The van der Waals surface area contributed by atoms with Crippen molar-refractivity contribution in [3.8, 4) is 6.07 Å². The summed E-state index contributed by atoms with van der Waals surface area (Å²) in [5.41, 5.74) is 2.73. The summed E-state index contributed by atoms with van der Waals surface area (Å²) in [5.74, 6) is -0.629. The molecule has 0 fully saturated rings. The van der Waals surface area contributed by atoms with E-state index in [1.165, 1.54) is 10.7 Å². The minimum atomic E-state index is -1.02. The zero-order chi connectivity index (χ0) is 23.2. The largest absolute Gasteiger partial charge is 0.478 e. The molecule has 1 aromatic heterocycles. The van der Waals surface area contributed by atoms with Crippen molar-refractivity contribution in [2.75, 3.05) is 11.9 Å². The van der Waals surface area contributed by atoms with Gasteiger partial charge in [-0.25, -0.2) is 9.48 Å². The maximum atomic E-state index is 13.5. The zero-order valence-corrected chi connectivity index (χ0v) is 17.9. The minimum absolute atomic E-state index is 0.117. The molecule has 33 heavy (non-hydrogen) atoms. The van der Waals surface area contributed by atoms with Gasteiger partial charge in [0.1, 0.15) is 6.04 Å². The number of tetrazole rings is 1. The molecule has 4 rings (SSSR count). The Morgan fingerprint density at radius 3 is 2.79 bits per heavy atom. The molecule has 2 N–H and O–H groups in total. The second-order valence-electron chi connectivity index (χ2n) is 7.80. The number of nitrogens with zero attached hydrogens (tertiary/aromatic N) is 6. The fourth-order valence-electron chi connectivity index (χ4n) is 3.87. The minimum Gasteiger partial charge on any atom is -0.478 e. The van der Waals surface area contributed by atoms with Crippen molar-refractivity contribution in [1.29, 1.82) is 5.26 Å². The number of hydrogen-bond donors (Lipinski definition) is 2. The standard InChI is InChI=1S/C23H23N7O3/c24-10-4-11-30-21(26-27-28-30)14-20-22(31)29(12-9-16-5-2-1-3-6-16)15-18-13-17(23(32)33)7-8-19(18)25-20/h1-3,5-8,13,20,25H,4,9,11-12,14-15H2,(H,32,33). The van der Waals surface area contributed by atoms with Gasteiger partial charge in [-0.2, -0.15) is 5.26 Å². The van der Waals surface area contributed by atoms with E-state index < -0.39 is 12.0 Å². The van der Waals surface area contributed by atoms with E-state index in [2.05, 4.69) is 26.9 Å². The van der Waals surface area contributed by atoms with Gasteiger partial charge < -0.3 is 15.3 Å². The second kappa shape index (κ2) is 9.91. The lowest BCUT2D eigenvalue weighted by molar-refractivity contribution is -0.132. The van der Waals surface area contributed by atoms with Crippen LogP contribution in [0, 0.1) is 11.3 Å². The van der Waals surface area contributed by atoms with Gasteiger partial charge in [0.2, 0.25) is 5.91 Å². The van der Waals surface area contributed by atoms with E-state index in [0.717, 1.165) is 11.1 Å². The molecular formula is C23H23N7O3. The summed E-state index contributed by atoms with van der Waals surface area (Å²) in [6.07, 6.45) is 1.17. The van der Waals surface area contributed by atoms with Crippen molar-refractivity contribution in [2.24, 2.45) is 0 Å². The summed E-state index contributed by atoms with van der Waals surface area (Å²) in [5, 5.41) is 33.2. The summed E-state index contributed by atoms with van der Waals surface area (Å²) >= 11 is 0. The summed E-state index contributed by atoms with van der Waals surface area (Å²) in [7, 11) is 0. The van der Waals surface area contributed by atoms with E-state index in [-0.39, 0.29) is 24.3 Å². The van der Waals surface area contributed by atoms with Gasteiger partial charge in [-0.3, -0.25) is 4.79 Å². The van der Waals surface area contributed by atoms with Crippen LogP contribution in [0.3, 0.4) is 0 Å². The van der Waals surface area contributed by atoms with Crippen molar-refractivity contribution in [3.05, 3.63) is 71.0 Å². The Morgan fingerprint density at radius 2 is 2.03 bits per heavy atom. The van der Waals surface area contributed by atoms with Crippen molar-refractivity contribution in [1.82, 2.24) is 25.1 Å². The maximum absolute atomic E-state index is 13.5. The maximum Gasteiger partial charge on any atom is 0.335 e. The number of nitriles is 1. The summed E-state index contributed by atoms with van der Waals surface area (Å²) in [6.45, 7) is 1.12. The van der Waals surface area contributed by atoms with Crippen LogP contribution < -0.4 is 5.32 Å². The first-order valence-corrected chi connectivity index (χ1v) is 10.6. The molecule has 1 atom stereocenters. The van der Waals surface area contributed by atoms with Crippen LogP contribution in [0.1, 0.15) is 33.7 Å². The van der Waals surface area contributed by atoms with Crippen LogP contribution in [0.4, 0.5) is 5.69 Å². The highest BCUT2D eigenvalue weighted by Crippen LogP contribution is 2.26. The van der Waals surface area contributed by atoms with Crippen molar-refractivity contribution in [2.45, 2.75) is 38.4 Å². The summed E-state index contributed by atoms with van der Waals surface area (Å²) < 4.78 is 1.53. The van der Waals surface area contributed by atoms with Crippen molar-refractivity contribution in [3.63, 3.8) is 0 Å². The quantitative estimate of drug-likeness (QED) is 0.536. The molecule has 1 aliphatic rings. The number of carboxylic acids is 1. The predicted molar refractivity (Wildman–Crippen MR) is 118 cm³/mol. The van der Waals surface area contributed by atoms with Gasteiger partial charge in [0.05, 0.1) is 24.6 Å². The van der Waals surface area contributed by atoms with Gasteiger partial charge in [0.25, 0.3) is 0 Å². The Bertz CT molecular complexity index is 1190. The number of carbonyl (C=O) groups is 2. The van der Waals surface area contributed by atoms with Crippen LogP contribution in [0.15, 0.2) is 48.5 Å². The highest BCUT2D eigenvalue weighted by molar-refractivity contribution is 5.90. The van der Waals surface area contributed by atoms with Gasteiger partial charge in [-0.15, -0.1) is 5.10 Å². The number of rotatable bonds is 8. The highest BCUT2D eigenvalue weighted by atomic mass is 16.4. The number of carboxylic acid groups (broad SMARTS) is 1. The molecule has 0 radical (unpaired) electrons. The SMILES string of the molecule is N#CCCn1nnnc1CC1Nc2ccc(C(=O)O)cc2CN(CCc2ccccc2)C1=O. The molecule has 2 aromatic carbocycles. The van der Waals surface area contributed by atoms with Gasteiger partial charge in [-0.05, 0) is 46.2 Å². The number of carbonyl (C=O) groups excluding carboxylic acids is 1. The number of hydrogen-bond acceptors (Lipinski definition) is 7. The number of nitrogens with one attached hydrogen (secondary N) is 1. The lowest BCUT2D eigenvalue weighted by Gasteiger charge is -2.24. The first kappa shape index (κ1) is 22.0. The van der Waals surface area contributed by atoms with Gasteiger partial charge in [0.15, 0.2) is 5.82 Å². The molecule has 1 unspecified atom stereocenters. The Kier molecular flexibility index (Phi) is 6.59. The van der Waals surface area contributed by atoms with Crippen LogP contribution in [0.5, 0.6) is 0 Å². The van der Waals surface area contributed by atoms with Gasteiger partial charge in [0, 0.05) is 25.2 Å². The molecule has 10 heteroatoms. The molecule has 168 valence electrons. The van der Waals surface area contributed by atoms with Crippen LogP contribution in [0.25, 0.3) is 0 Å². The molecular weight excluding hydrogens is 422 g/mol. The molecule has 0 aliphatic carbocycles. The number of aryl methyl sites for hydroxylation is 1. The normalized spacial score (nSPS) is 15.3. The number of aromatic carboxylic acids is 1. The van der Waals surface area contributed by atoms with Crippen LogP contribution in [-0.2, 0) is 30.7 Å². The molecule has 1 amide bonds. The Balaban J connectivity index is 1.61. The van der Waals surface area contributed by atoms with Crippen molar-refractivity contribution >= 4 is 17.6 Å². The monoisotopic (exact) mass is 445 g/mol. The van der Waals surface area contributed by atoms with Gasteiger partial charge in [-0.1, -0.05) is 30.3 Å². The average molecular weight is 445 g/mol. The molecule has 0 saturated heterocycles. The topological polar surface area (TPSA) is 137 Å². The molecule has 0 spiro atoms. The Labute approximate surface area is 190 Å². The lowest BCUT2D eigenvalue weighted by atomic mass is 10.1. The van der Waals surface area contributed by atoms with Crippen LogP contribution >= 0.6 is 0 Å². The smallest absolute Gasteiger partial charge is 0.335 e. The highest BCUT2D eigenvalue weighted by Gasteiger charge is 2.31. The summed E-state index contributed by atoms with van der Waals surface area (Å²) in [6, 6.07) is 16.1. The number of amides is 1. The number of fused-ring (bicyclic) bond motifs is 1. The third kappa shape index (κ3) is 5.15. The van der Waals surface area contributed by atoms with E-state index in [9.17, 15) is 14.7 Å². The zero-order valence-electron chi connectivity index (χ0n) is 17.9. The van der Waals surface area contributed by atoms with Crippen molar-refractivity contribution < 1.29 is 14.7 Å². The Morgan fingerprint density at radius 1 is 1.21 bits per heavy atom. The van der Waals surface area contributed by atoms with E-state index in [1.54, 1.807) is 17.0 Å². The molecule has 0 bridgehead atoms. The van der Waals surface area contributed by atoms with Crippen LogP contribution in [-0.4, -0.2) is 54.7 Å². The fourth-order valence-corrected chi connectivity index (χ4v) is 3.87. The first-order chi connectivity index (χ1) is 16.0. The lowest BCUT2D eigenvalue weighted by Crippen LogP contribution is -2.43. The van der Waals surface area contributed by atoms with Gasteiger partial charge >= 0.3 is 5.97 Å². The average Bonchev–Trinajstić information content (AvgIpc) is 3.22. The summed E-state index contributed by atoms with van der Waals surface area (Å²) in [4.78, 5) is 26.7. The molecule has 0 saturated carbocycles. The fraction of sp³-hybridized carbons (Fsp3) is 0.304. The molecule has 1 aliphatic heterocycles.